The Morgan fingerprint density at radius 2 is 1.50 bits per heavy atom. The van der Waals surface area contributed by atoms with Crippen LogP contribution in [0.1, 0.15) is 66.5 Å². The minimum absolute atomic E-state index is 0.0825. The number of rotatable bonds is 9. The van der Waals surface area contributed by atoms with Crippen LogP contribution in [0, 0.1) is 5.41 Å². The average Bonchev–Trinajstić information content (AvgIpc) is 3.17. The van der Waals surface area contributed by atoms with Gasteiger partial charge in [-0.2, -0.15) is 0 Å². The Morgan fingerprint density at radius 3 is 2.11 bits per heavy atom. The van der Waals surface area contributed by atoms with Gasteiger partial charge in [-0.25, -0.2) is 4.79 Å². The van der Waals surface area contributed by atoms with Crippen LogP contribution in [0.4, 0.5) is 4.79 Å². The summed E-state index contributed by atoms with van der Waals surface area (Å²) in [5, 5.41) is 2.18. The first kappa shape index (κ1) is 33.7. The average molecular weight is 623 g/mol. The molecule has 44 heavy (non-hydrogen) atoms. The molecule has 238 valence electrons. The molecule has 1 heterocycles. The maximum atomic E-state index is 13.9. The molecule has 0 saturated carbocycles. The number of ether oxygens (including phenoxy) is 1. The van der Waals surface area contributed by atoms with Crippen molar-refractivity contribution >= 4 is 30.4 Å². The lowest BCUT2D eigenvalue weighted by Gasteiger charge is -2.39. The molecule has 3 aromatic rings. The lowest BCUT2D eigenvalue weighted by molar-refractivity contribution is -0.129. The van der Waals surface area contributed by atoms with Crippen LogP contribution in [-0.2, 0) is 35.7 Å². The Balaban J connectivity index is 1.85. The third-order valence-electron chi connectivity index (χ3n) is 7.59. The molecule has 0 radical (unpaired) electrons. The van der Waals surface area contributed by atoms with E-state index in [9.17, 15) is 14.2 Å². The van der Waals surface area contributed by atoms with E-state index >= 15 is 0 Å². The molecule has 1 saturated heterocycles. The molecule has 0 unspecified atom stereocenters. The molecule has 0 bridgehead atoms. The van der Waals surface area contributed by atoms with Crippen molar-refractivity contribution in [2.24, 2.45) is 5.41 Å². The van der Waals surface area contributed by atoms with Gasteiger partial charge in [0, 0.05) is 18.9 Å². The van der Waals surface area contributed by atoms with Crippen LogP contribution in [0.15, 0.2) is 60.7 Å². The number of carbonyl (C=O) groups is 2. The van der Waals surface area contributed by atoms with Gasteiger partial charge in [0.05, 0.1) is 19.4 Å². The van der Waals surface area contributed by atoms with Crippen LogP contribution in [0.2, 0.25) is 0 Å². The number of hydrogen-bond acceptors (Lipinski definition) is 6. The second-order valence-electron chi connectivity index (χ2n) is 13.5. The van der Waals surface area contributed by atoms with Gasteiger partial charge in [-0.15, -0.1) is 0 Å². The molecule has 0 spiro atoms. The molecule has 2 amide bonds. The number of carbonyl (C=O) groups excluding carboxylic acids is 2. The fraction of sp³-hybridized carbons (Fsp3) is 0.486. The SMILES string of the molecule is CCOP(=O)(Cc1cc(C[C@H]2C(=O)N(C)[C@H](C(C)(C)C)N2C(=O)OC(C)(C)C)cc(-c2cccc3ccccc23)c1)OCC. The summed E-state index contributed by atoms with van der Waals surface area (Å²) >= 11 is 0. The molecule has 8 nitrogen and oxygen atoms in total. The van der Waals surface area contributed by atoms with Crippen LogP contribution in [0.3, 0.4) is 0 Å². The molecule has 3 aromatic carbocycles. The van der Waals surface area contributed by atoms with E-state index in [4.69, 9.17) is 13.8 Å². The van der Waals surface area contributed by atoms with Crippen molar-refractivity contribution < 1.29 is 27.9 Å². The normalized spacial score (nSPS) is 17.9. The van der Waals surface area contributed by atoms with Crippen LogP contribution in [0.5, 0.6) is 0 Å². The van der Waals surface area contributed by atoms with Gasteiger partial charge in [0.1, 0.15) is 17.8 Å². The smallest absolute Gasteiger partial charge is 0.412 e. The van der Waals surface area contributed by atoms with E-state index in [2.05, 4.69) is 30.3 Å². The summed E-state index contributed by atoms with van der Waals surface area (Å²) in [6.45, 7) is 15.6. The number of amides is 2. The highest BCUT2D eigenvalue weighted by atomic mass is 31.2. The molecule has 4 rings (SSSR count). The summed E-state index contributed by atoms with van der Waals surface area (Å²) < 4.78 is 30.8. The molecule has 0 N–H and O–H groups in total. The summed E-state index contributed by atoms with van der Waals surface area (Å²) in [5.41, 5.74) is 2.39. The van der Waals surface area contributed by atoms with Gasteiger partial charge in [0.25, 0.3) is 0 Å². The van der Waals surface area contributed by atoms with Crippen LogP contribution in [0.25, 0.3) is 21.9 Å². The molecular weight excluding hydrogens is 575 g/mol. The topological polar surface area (TPSA) is 85.4 Å². The summed E-state index contributed by atoms with van der Waals surface area (Å²) in [6.07, 6.45) is -0.678. The highest BCUT2D eigenvalue weighted by Gasteiger charge is 2.52. The first-order chi connectivity index (χ1) is 20.6. The van der Waals surface area contributed by atoms with E-state index in [1.165, 1.54) is 0 Å². The minimum Gasteiger partial charge on any atom is -0.444 e. The van der Waals surface area contributed by atoms with Crippen molar-refractivity contribution in [3.05, 3.63) is 71.8 Å². The number of hydrogen-bond donors (Lipinski definition) is 0. The lowest BCUT2D eigenvalue weighted by atomic mass is 9.91. The van der Waals surface area contributed by atoms with E-state index < -0.39 is 36.9 Å². The van der Waals surface area contributed by atoms with Crippen molar-refractivity contribution in [1.82, 2.24) is 9.80 Å². The molecule has 1 fully saturated rings. The van der Waals surface area contributed by atoms with Crippen LogP contribution < -0.4 is 0 Å². The number of likely N-dealkylation sites (N-methyl/N-ethyl adjacent to an activating group) is 1. The fourth-order valence-corrected chi connectivity index (χ4v) is 7.80. The van der Waals surface area contributed by atoms with E-state index in [-0.39, 0.29) is 31.7 Å². The standard InChI is InChI=1S/C35H47N2O6P/c1-10-41-44(40,42-11-2)23-25-19-24(20-27(21-25)29-18-14-16-26-15-12-13-17-28(26)29)22-30-31(38)36(9)32(34(3,4)5)37(30)33(39)43-35(6,7)8/h12-21,30,32H,10-11,22-23H2,1-9H3/t30-,32-/m0/s1. The quantitative estimate of drug-likeness (QED) is 0.223. The van der Waals surface area contributed by atoms with Crippen LogP contribution in [-0.4, -0.2) is 59.9 Å². The molecule has 1 aliphatic rings. The Bertz CT molecular complexity index is 1540. The third kappa shape index (κ3) is 7.53. The Kier molecular flexibility index (Phi) is 9.99. The summed E-state index contributed by atoms with van der Waals surface area (Å²) in [7, 11) is -1.68. The molecule has 0 aromatic heterocycles. The van der Waals surface area contributed by atoms with Gasteiger partial charge in [0.15, 0.2) is 0 Å². The van der Waals surface area contributed by atoms with Crippen molar-refractivity contribution in [3.63, 3.8) is 0 Å². The first-order valence-corrected chi connectivity index (χ1v) is 17.1. The van der Waals surface area contributed by atoms with Gasteiger partial charge in [0.2, 0.25) is 5.91 Å². The van der Waals surface area contributed by atoms with Crippen molar-refractivity contribution in [3.8, 4) is 11.1 Å². The zero-order chi connectivity index (χ0) is 32.4. The van der Waals surface area contributed by atoms with E-state index in [0.717, 1.165) is 33.0 Å². The van der Waals surface area contributed by atoms with Crippen molar-refractivity contribution in [2.45, 2.75) is 85.8 Å². The van der Waals surface area contributed by atoms with Gasteiger partial charge in [-0.05, 0) is 67.6 Å². The van der Waals surface area contributed by atoms with E-state index in [0.29, 0.717) is 0 Å². The van der Waals surface area contributed by atoms with Crippen molar-refractivity contribution in [1.29, 1.82) is 0 Å². The second kappa shape index (κ2) is 13.0. The first-order valence-electron chi connectivity index (χ1n) is 15.3. The minimum atomic E-state index is -3.42. The molecule has 1 aliphatic heterocycles. The largest absolute Gasteiger partial charge is 0.444 e. The van der Waals surface area contributed by atoms with Crippen LogP contribution >= 0.6 is 7.60 Å². The molecule has 2 atom stereocenters. The highest BCUT2D eigenvalue weighted by molar-refractivity contribution is 7.53. The molecule has 0 aliphatic carbocycles. The van der Waals surface area contributed by atoms with Gasteiger partial charge in [-0.1, -0.05) is 81.4 Å². The zero-order valence-corrected chi connectivity index (χ0v) is 28.4. The summed E-state index contributed by atoms with van der Waals surface area (Å²) in [6, 6.07) is 19.6. The lowest BCUT2D eigenvalue weighted by Crippen LogP contribution is -2.52. The maximum Gasteiger partial charge on any atom is 0.412 e. The number of nitrogens with zero attached hydrogens (tertiary/aromatic N) is 2. The zero-order valence-electron chi connectivity index (χ0n) is 27.5. The predicted octanol–water partition coefficient (Wildman–Crippen LogP) is 8.27. The fourth-order valence-electron chi connectivity index (χ4n) is 6.13. The Morgan fingerprint density at radius 1 is 0.886 bits per heavy atom. The molecular formula is C35H47N2O6P. The molecule has 9 heteroatoms. The summed E-state index contributed by atoms with van der Waals surface area (Å²) in [4.78, 5) is 30.8. The van der Waals surface area contributed by atoms with Crippen molar-refractivity contribution in [2.75, 3.05) is 20.3 Å². The monoisotopic (exact) mass is 622 g/mol. The van der Waals surface area contributed by atoms with E-state index in [1.807, 2.05) is 71.9 Å². The predicted molar refractivity (Wildman–Crippen MR) is 176 cm³/mol. The Labute approximate surface area is 262 Å². The highest BCUT2D eigenvalue weighted by Crippen LogP contribution is 2.51. The van der Waals surface area contributed by atoms with E-state index in [1.54, 1.807) is 30.7 Å². The second-order valence-corrected chi connectivity index (χ2v) is 15.5. The Hall–Kier alpha value is -3.19. The van der Waals surface area contributed by atoms with Gasteiger partial charge < -0.3 is 18.7 Å². The van der Waals surface area contributed by atoms with Gasteiger partial charge >= 0.3 is 13.7 Å². The third-order valence-corrected chi connectivity index (χ3v) is 9.64. The number of fused-ring (bicyclic) bond motifs is 1. The maximum absolute atomic E-state index is 13.9. The number of benzene rings is 3. The summed E-state index contributed by atoms with van der Waals surface area (Å²) in [5.74, 6) is -0.151. The van der Waals surface area contributed by atoms with Gasteiger partial charge in [-0.3, -0.25) is 14.3 Å².